The number of nitrogens with one attached hydrogen (secondary N) is 1. The highest BCUT2D eigenvalue weighted by Gasteiger charge is 2.21. The van der Waals surface area contributed by atoms with Gasteiger partial charge in [-0.25, -0.2) is 4.79 Å². The van der Waals surface area contributed by atoms with E-state index in [1.54, 1.807) is 35.7 Å². The molecule has 0 saturated carbocycles. The molecule has 1 N–H and O–H groups in total. The lowest BCUT2D eigenvalue weighted by Crippen LogP contribution is -2.37. The Balaban J connectivity index is 1.58. The summed E-state index contributed by atoms with van der Waals surface area (Å²) < 4.78 is 5.15. The SMILES string of the molecule is Cc1cccc(C)c1NC(=O)CN(C)C(=O)COC(=O)c1ccccc1C(=O)c1cccs1. The van der Waals surface area contributed by atoms with E-state index in [-0.39, 0.29) is 29.4 Å². The summed E-state index contributed by atoms with van der Waals surface area (Å²) in [4.78, 5) is 51.7. The Bertz CT molecular complexity index is 1170. The van der Waals surface area contributed by atoms with Crippen molar-refractivity contribution in [1.82, 2.24) is 4.90 Å². The molecule has 33 heavy (non-hydrogen) atoms. The number of hydrogen-bond donors (Lipinski definition) is 1. The molecule has 0 saturated heterocycles. The predicted octanol–water partition coefficient (Wildman–Crippen LogP) is 3.85. The van der Waals surface area contributed by atoms with Crippen LogP contribution in [-0.4, -0.2) is 48.7 Å². The van der Waals surface area contributed by atoms with Gasteiger partial charge in [0.25, 0.3) is 5.91 Å². The van der Waals surface area contributed by atoms with E-state index in [1.807, 2.05) is 32.0 Å². The van der Waals surface area contributed by atoms with Gasteiger partial charge in [-0.05, 0) is 42.5 Å². The Morgan fingerprint density at radius 3 is 2.21 bits per heavy atom. The van der Waals surface area contributed by atoms with Gasteiger partial charge < -0.3 is 15.0 Å². The fourth-order valence-electron chi connectivity index (χ4n) is 3.21. The zero-order valence-corrected chi connectivity index (χ0v) is 19.4. The number of para-hydroxylation sites is 1. The second-order valence-electron chi connectivity index (χ2n) is 7.49. The fourth-order valence-corrected chi connectivity index (χ4v) is 3.89. The highest BCUT2D eigenvalue weighted by Crippen LogP contribution is 2.20. The number of rotatable bonds is 8. The Morgan fingerprint density at radius 2 is 1.58 bits per heavy atom. The number of ketones is 1. The van der Waals surface area contributed by atoms with Crippen LogP contribution in [0, 0.1) is 13.8 Å². The van der Waals surface area contributed by atoms with Crippen LogP contribution in [0.1, 0.15) is 36.7 Å². The van der Waals surface area contributed by atoms with Crippen molar-refractivity contribution in [1.29, 1.82) is 0 Å². The first kappa shape index (κ1) is 23.9. The van der Waals surface area contributed by atoms with Crippen molar-refractivity contribution in [2.24, 2.45) is 0 Å². The number of aryl methyl sites for hydroxylation is 2. The van der Waals surface area contributed by atoms with E-state index in [1.165, 1.54) is 29.4 Å². The third-order valence-corrected chi connectivity index (χ3v) is 5.88. The molecule has 0 unspecified atom stereocenters. The first-order chi connectivity index (χ1) is 15.8. The second kappa shape index (κ2) is 10.7. The summed E-state index contributed by atoms with van der Waals surface area (Å²) in [6, 6.07) is 15.4. The molecule has 0 aliphatic carbocycles. The molecule has 0 aliphatic heterocycles. The summed E-state index contributed by atoms with van der Waals surface area (Å²) in [5.41, 5.74) is 2.84. The third kappa shape index (κ3) is 5.93. The molecule has 3 rings (SSSR count). The normalized spacial score (nSPS) is 10.4. The van der Waals surface area contributed by atoms with Crippen molar-refractivity contribution in [2.45, 2.75) is 13.8 Å². The van der Waals surface area contributed by atoms with Gasteiger partial charge in [-0.2, -0.15) is 0 Å². The van der Waals surface area contributed by atoms with Crippen LogP contribution in [0.15, 0.2) is 60.0 Å². The minimum atomic E-state index is -0.780. The van der Waals surface area contributed by atoms with Crippen molar-refractivity contribution < 1.29 is 23.9 Å². The molecule has 2 aromatic carbocycles. The molecular weight excluding hydrogens is 440 g/mol. The number of anilines is 1. The number of esters is 1. The van der Waals surface area contributed by atoms with Gasteiger partial charge in [0.1, 0.15) is 0 Å². The zero-order chi connectivity index (χ0) is 24.0. The van der Waals surface area contributed by atoms with Gasteiger partial charge in [0.15, 0.2) is 6.61 Å². The van der Waals surface area contributed by atoms with E-state index >= 15 is 0 Å². The molecule has 0 bridgehead atoms. The van der Waals surface area contributed by atoms with Crippen LogP contribution >= 0.6 is 11.3 Å². The molecule has 0 spiro atoms. The van der Waals surface area contributed by atoms with Gasteiger partial charge >= 0.3 is 5.97 Å². The maximum atomic E-state index is 12.7. The number of thiophene rings is 1. The third-order valence-electron chi connectivity index (χ3n) is 5.02. The highest BCUT2D eigenvalue weighted by molar-refractivity contribution is 7.12. The molecule has 1 heterocycles. The lowest BCUT2D eigenvalue weighted by molar-refractivity contribution is -0.136. The van der Waals surface area contributed by atoms with E-state index in [0.29, 0.717) is 10.6 Å². The van der Waals surface area contributed by atoms with Crippen LogP contribution in [0.4, 0.5) is 5.69 Å². The monoisotopic (exact) mass is 464 g/mol. The van der Waals surface area contributed by atoms with Gasteiger partial charge in [-0.15, -0.1) is 11.3 Å². The van der Waals surface area contributed by atoms with Gasteiger partial charge in [-0.1, -0.05) is 42.5 Å². The second-order valence-corrected chi connectivity index (χ2v) is 8.44. The fraction of sp³-hybridized carbons (Fsp3) is 0.200. The van der Waals surface area contributed by atoms with E-state index in [9.17, 15) is 19.2 Å². The maximum Gasteiger partial charge on any atom is 0.339 e. The zero-order valence-electron chi connectivity index (χ0n) is 18.6. The number of likely N-dealkylation sites (N-methyl/N-ethyl adjacent to an activating group) is 1. The average molecular weight is 465 g/mol. The smallest absolute Gasteiger partial charge is 0.339 e. The lowest BCUT2D eigenvalue weighted by Gasteiger charge is -2.18. The molecule has 7 nitrogen and oxygen atoms in total. The Labute approximate surface area is 196 Å². The van der Waals surface area contributed by atoms with Crippen LogP contribution < -0.4 is 5.32 Å². The number of amides is 2. The maximum absolute atomic E-state index is 12.7. The molecule has 2 amide bonds. The molecule has 3 aromatic rings. The van der Waals surface area contributed by atoms with E-state index < -0.39 is 18.5 Å². The van der Waals surface area contributed by atoms with E-state index in [4.69, 9.17) is 4.74 Å². The number of hydrogen-bond acceptors (Lipinski definition) is 6. The van der Waals surface area contributed by atoms with Gasteiger partial charge in [0.2, 0.25) is 11.7 Å². The Kier molecular flexibility index (Phi) is 7.74. The Hall–Kier alpha value is -3.78. The van der Waals surface area contributed by atoms with Crippen LogP contribution in [-0.2, 0) is 14.3 Å². The molecule has 0 fully saturated rings. The van der Waals surface area contributed by atoms with Gasteiger partial charge in [-0.3, -0.25) is 14.4 Å². The summed E-state index contributed by atoms with van der Waals surface area (Å²) in [7, 11) is 1.45. The predicted molar refractivity (Wildman–Crippen MR) is 127 cm³/mol. The molecule has 1 aromatic heterocycles. The topological polar surface area (TPSA) is 92.8 Å². The highest BCUT2D eigenvalue weighted by atomic mass is 32.1. The summed E-state index contributed by atoms with van der Waals surface area (Å²) in [6.07, 6.45) is 0. The lowest BCUT2D eigenvalue weighted by atomic mass is 10.0. The number of carbonyl (C=O) groups is 4. The molecule has 170 valence electrons. The van der Waals surface area contributed by atoms with E-state index in [0.717, 1.165) is 11.1 Å². The number of benzene rings is 2. The molecule has 0 aliphatic rings. The molecule has 0 atom stereocenters. The van der Waals surface area contributed by atoms with Crippen molar-refractivity contribution in [3.8, 4) is 0 Å². The quantitative estimate of drug-likeness (QED) is 0.404. The van der Waals surface area contributed by atoms with Crippen molar-refractivity contribution in [3.05, 3.63) is 87.1 Å². The Morgan fingerprint density at radius 1 is 0.909 bits per heavy atom. The van der Waals surface area contributed by atoms with Gasteiger partial charge in [0.05, 0.1) is 17.0 Å². The van der Waals surface area contributed by atoms with Crippen LogP contribution in [0.25, 0.3) is 0 Å². The number of nitrogens with zero attached hydrogens (tertiary/aromatic N) is 1. The van der Waals surface area contributed by atoms with Crippen molar-refractivity contribution >= 4 is 40.6 Å². The first-order valence-corrected chi connectivity index (χ1v) is 11.1. The average Bonchev–Trinajstić information content (AvgIpc) is 3.34. The molecule has 0 radical (unpaired) electrons. The van der Waals surface area contributed by atoms with Gasteiger partial charge in [0, 0.05) is 18.3 Å². The summed E-state index contributed by atoms with van der Waals surface area (Å²) in [6.45, 7) is 3.03. The first-order valence-electron chi connectivity index (χ1n) is 10.2. The number of ether oxygens (including phenoxy) is 1. The minimum absolute atomic E-state index is 0.0825. The van der Waals surface area contributed by atoms with Crippen molar-refractivity contribution in [2.75, 3.05) is 25.5 Å². The summed E-state index contributed by atoms with van der Waals surface area (Å²) >= 11 is 1.28. The standard InChI is InChI=1S/C25H24N2O5S/c1-16-8-6-9-17(2)23(16)26-21(28)14-27(3)22(29)15-32-25(31)19-11-5-4-10-18(19)24(30)20-12-7-13-33-20/h4-13H,14-15H2,1-3H3,(H,26,28). The largest absolute Gasteiger partial charge is 0.452 e. The molecule has 8 heteroatoms. The molecular formula is C25H24N2O5S. The van der Waals surface area contributed by atoms with Crippen LogP contribution in [0.5, 0.6) is 0 Å². The van der Waals surface area contributed by atoms with Crippen LogP contribution in [0.2, 0.25) is 0 Å². The summed E-state index contributed by atoms with van der Waals surface area (Å²) in [5.74, 6) is -1.97. The number of carbonyl (C=O) groups excluding carboxylic acids is 4. The summed E-state index contributed by atoms with van der Waals surface area (Å²) in [5, 5.41) is 4.59. The minimum Gasteiger partial charge on any atom is -0.452 e. The van der Waals surface area contributed by atoms with Crippen molar-refractivity contribution in [3.63, 3.8) is 0 Å². The van der Waals surface area contributed by atoms with E-state index in [2.05, 4.69) is 5.32 Å². The van der Waals surface area contributed by atoms with Crippen LogP contribution in [0.3, 0.4) is 0 Å².